The van der Waals surface area contributed by atoms with Gasteiger partial charge in [0.15, 0.2) is 0 Å². The highest BCUT2D eigenvalue weighted by molar-refractivity contribution is 6.32. The molecule has 0 radical (unpaired) electrons. The van der Waals surface area contributed by atoms with E-state index in [2.05, 4.69) is 5.32 Å². The number of hydrogen-bond donors (Lipinski definition) is 1. The number of benzene rings is 1. The molecular formula is C18H28ClNO4. The summed E-state index contributed by atoms with van der Waals surface area (Å²) in [6.07, 6.45) is 1.33. The second-order valence-electron chi connectivity index (χ2n) is 5.92. The van der Waals surface area contributed by atoms with Crippen molar-refractivity contribution in [1.82, 2.24) is 0 Å². The zero-order valence-corrected chi connectivity index (χ0v) is 15.9. The van der Waals surface area contributed by atoms with E-state index in [1.54, 1.807) is 32.2 Å². The molecule has 1 rings (SSSR count). The van der Waals surface area contributed by atoms with E-state index in [1.807, 2.05) is 20.8 Å². The molecule has 0 heterocycles. The Morgan fingerprint density at radius 3 is 2.62 bits per heavy atom. The SMILES string of the molecule is CCCOC(C)(CC)C(=O)Nc1ccc(OC(C)COC)c(Cl)c1. The number of hydrogen-bond acceptors (Lipinski definition) is 4. The lowest BCUT2D eigenvalue weighted by Crippen LogP contribution is -2.42. The highest BCUT2D eigenvalue weighted by atomic mass is 35.5. The van der Waals surface area contributed by atoms with Gasteiger partial charge in [-0.15, -0.1) is 0 Å². The van der Waals surface area contributed by atoms with Crippen molar-refractivity contribution in [3.8, 4) is 5.75 Å². The maximum absolute atomic E-state index is 12.5. The number of carbonyl (C=O) groups is 1. The van der Waals surface area contributed by atoms with Crippen molar-refractivity contribution in [3.05, 3.63) is 23.2 Å². The van der Waals surface area contributed by atoms with Crippen molar-refractivity contribution in [2.75, 3.05) is 25.6 Å². The van der Waals surface area contributed by atoms with Crippen LogP contribution in [-0.4, -0.2) is 37.9 Å². The van der Waals surface area contributed by atoms with Crippen LogP contribution in [-0.2, 0) is 14.3 Å². The Labute approximate surface area is 149 Å². The van der Waals surface area contributed by atoms with Gasteiger partial charge in [0.25, 0.3) is 5.91 Å². The lowest BCUT2D eigenvalue weighted by molar-refractivity contribution is -0.139. The van der Waals surface area contributed by atoms with Gasteiger partial charge in [0, 0.05) is 19.4 Å². The molecule has 0 saturated carbocycles. The smallest absolute Gasteiger partial charge is 0.256 e. The molecule has 1 aromatic rings. The van der Waals surface area contributed by atoms with E-state index in [1.165, 1.54) is 0 Å². The molecule has 2 atom stereocenters. The number of halogens is 1. The molecule has 136 valence electrons. The van der Waals surface area contributed by atoms with Gasteiger partial charge in [-0.05, 0) is 44.9 Å². The summed E-state index contributed by atoms with van der Waals surface area (Å²) >= 11 is 6.24. The Balaban J connectivity index is 2.78. The minimum atomic E-state index is -0.857. The van der Waals surface area contributed by atoms with Crippen LogP contribution < -0.4 is 10.1 Å². The van der Waals surface area contributed by atoms with Crippen molar-refractivity contribution in [2.24, 2.45) is 0 Å². The monoisotopic (exact) mass is 357 g/mol. The number of carbonyl (C=O) groups excluding carboxylic acids is 1. The molecule has 0 aliphatic carbocycles. The molecular weight excluding hydrogens is 330 g/mol. The van der Waals surface area contributed by atoms with Crippen LogP contribution in [0.5, 0.6) is 5.75 Å². The number of methoxy groups -OCH3 is 1. The van der Waals surface area contributed by atoms with Gasteiger partial charge in [0.1, 0.15) is 17.5 Å². The highest BCUT2D eigenvalue weighted by Gasteiger charge is 2.32. The maximum Gasteiger partial charge on any atom is 0.256 e. The zero-order valence-electron chi connectivity index (χ0n) is 15.1. The Hall–Kier alpha value is -1.30. The standard InChI is InChI=1S/C18H28ClNO4/c1-6-10-23-18(4,7-2)17(21)20-14-8-9-16(15(19)11-14)24-13(3)12-22-5/h8-9,11,13H,6-7,10,12H2,1-5H3,(H,20,21). The van der Waals surface area contributed by atoms with Crippen molar-refractivity contribution in [2.45, 2.75) is 52.2 Å². The van der Waals surface area contributed by atoms with Gasteiger partial charge in [-0.1, -0.05) is 25.4 Å². The largest absolute Gasteiger partial charge is 0.487 e. The first-order valence-electron chi connectivity index (χ1n) is 8.26. The molecule has 0 aliphatic heterocycles. The van der Waals surface area contributed by atoms with Crippen LogP contribution in [0.1, 0.15) is 40.5 Å². The number of amides is 1. The lowest BCUT2D eigenvalue weighted by atomic mass is 10.0. The van der Waals surface area contributed by atoms with Gasteiger partial charge in [-0.25, -0.2) is 0 Å². The Kier molecular flexibility index (Phi) is 8.53. The number of anilines is 1. The summed E-state index contributed by atoms with van der Waals surface area (Å²) in [6, 6.07) is 5.17. The zero-order chi connectivity index (χ0) is 18.2. The minimum absolute atomic E-state index is 0.112. The lowest BCUT2D eigenvalue weighted by Gasteiger charge is -2.27. The van der Waals surface area contributed by atoms with E-state index in [4.69, 9.17) is 25.8 Å². The second kappa shape index (κ2) is 9.87. The van der Waals surface area contributed by atoms with Crippen molar-refractivity contribution in [3.63, 3.8) is 0 Å². The quantitative estimate of drug-likeness (QED) is 0.678. The van der Waals surface area contributed by atoms with Crippen LogP contribution in [0, 0.1) is 0 Å². The van der Waals surface area contributed by atoms with Gasteiger partial charge >= 0.3 is 0 Å². The van der Waals surface area contributed by atoms with Crippen LogP contribution in [0.25, 0.3) is 0 Å². The fourth-order valence-corrected chi connectivity index (χ4v) is 2.30. The van der Waals surface area contributed by atoms with E-state index in [-0.39, 0.29) is 12.0 Å². The summed E-state index contributed by atoms with van der Waals surface area (Å²) in [5.41, 5.74) is -0.249. The number of ether oxygens (including phenoxy) is 3. The molecule has 0 saturated heterocycles. The summed E-state index contributed by atoms with van der Waals surface area (Å²) in [5.74, 6) is 0.371. The third-order valence-electron chi connectivity index (χ3n) is 3.70. The van der Waals surface area contributed by atoms with Gasteiger partial charge in [0.2, 0.25) is 0 Å². The third-order valence-corrected chi connectivity index (χ3v) is 3.99. The van der Waals surface area contributed by atoms with Crippen LogP contribution >= 0.6 is 11.6 Å². The molecule has 0 spiro atoms. The first-order chi connectivity index (χ1) is 11.4. The normalized spacial score (nSPS) is 14.8. The van der Waals surface area contributed by atoms with Gasteiger partial charge in [0.05, 0.1) is 11.6 Å². The molecule has 1 amide bonds. The topological polar surface area (TPSA) is 56.8 Å². The molecule has 5 nitrogen and oxygen atoms in total. The molecule has 0 aliphatic rings. The van der Waals surface area contributed by atoms with Crippen molar-refractivity contribution in [1.29, 1.82) is 0 Å². The summed E-state index contributed by atoms with van der Waals surface area (Å²) in [7, 11) is 1.62. The first kappa shape index (κ1) is 20.7. The molecule has 0 aromatic heterocycles. The Morgan fingerprint density at radius 2 is 2.08 bits per heavy atom. The van der Waals surface area contributed by atoms with E-state index in [0.29, 0.717) is 36.1 Å². The highest BCUT2D eigenvalue weighted by Crippen LogP contribution is 2.29. The van der Waals surface area contributed by atoms with Crippen LogP contribution in [0.2, 0.25) is 5.02 Å². The number of rotatable bonds is 10. The summed E-state index contributed by atoms with van der Waals surface area (Å²) in [4.78, 5) is 12.5. The first-order valence-corrected chi connectivity index (χ1v) is 8.64. The molecule has 1 aromatic carbocycles. The van der Waals surface area contributed by atoms with Gasteiger partial charge < -0.3 is 19.5 Å². The average Bonchev–Trinajstić information content (AvgIpc) is 2.55. The van der Waals surface area contributed by atoms with E-state index < -0.39 is 5.60 Å². The van der Waals surface area contributed by atoms with E-state index in [9.17, 15) is 4.79 Å². The van der Waals surface area contributed by atoms with Crippen LogP contribution in [0.3, 0.4) is 0 Å². The Morgan fingerprint density at radius 1 is 1.38 bits per heavy atom. The molecule has 1 N–H and O–H groups in total. The molecule has 6 heteroatoms. The second-order valence-corrected chi connectivity index (χ2v) is 6.32. The maximum atomic E-state index is 12.5. The summed E-state index contributed by atoms with van der Waals surface area (Å²) < 4.78 is 16.4. The fraction of sp³-hybridized carbons (Fsp3) is 0.611. The average molecular weight is 358 g/mol. The van der Waals surface area contributed by atoms with Crippen molar-refractivity contribution < 1.29 is 19.0 Å². The van der Waals surface area contributed by atoms with Gasteiger partial charge in [-0.3, -0.25) is 4.79 Å². The summed E-state index contributed by atoms with van der Waals surface area (Å²) in [6.45, 7) is 8.64. The Bertz CT molecular complexity index is 538. The van der Waals surface area contributed by atoms with E-state index >= 15 is 0 Å². The molecule has 0 fully saturated rings. The minimum Gasteiger partial charge on any atom is -0.487 e. The number of nitrogens with one attached hydrogen (secondary N) is 1. The predicted molar refractivity (Wildman–Crippen MR) is 97.0 cm³/mol. The van der Waals surface area contributed by atoms with Crippen molar-refractivity contribution >= 4 is 23.2 Å². The molecule has 2 unspecified atom stereocenters. The fourth-order valence-electron chi connectivity index (χ4n) is 2.08. The molecule has 24 heavy (non-hydrogen) atoms. The third kappa shape index (κ3) is 5.96. The molecule has 0 bridgehead atoms. The summed E-state index contributed by atoms with van der Waals surface area (Å²) in [5, 5.41) is 3.29. The van der Waals surface area contributed by atoms with Crippen LogP contribution in [0.4, 0.5) is 5.69 Å². The van der Waals surface area contributed by atoms with E-state index in [0.717, 1.165) is 6.42 Å². The van der Waals surface area contributed by atoms with Gasteiger partial charge in [-0.2, -0.15) is 0 Å². The van der Waals surface area contributed by atoms with Crippen LogP contribution in [0.15, 0.2) is 18.2 Å². The predicted octanol–water partition coefficient (Wildman–Crippen LogP) is 4.29.